The summed E-state index contributed by atoms with van der Waals surface area (Å²) in [4.78, 5) is 42.3. The highest BCUT2D eigenvalue weighted by Crippen LogP contribution is 2.46. The van der Waals surface area contributed by atoms with Gasteiger partial charge in [-0.1, -0.05) is 36.8 Å². The van der Waals surface area contributed by atoms with E-state index in [2.05, 4.69) is 27.0 Å². The van der Waals surface area contributed by atoms with Crippen molar-refractivity contribution in [1.29, 1.82) is 5.26 Å². The molecule has 0 spiro atoms. The number of H-pyrrole nitrogens is 1. The van der Waals surface area contributed by atoms with Gasteiger partial charge in [-0.15, -0.1) is 0 Å². The molecule has 36 heavy (non-hydrogen) atoms. The SMILES string of the molecule is CCC1(Oc2ccc(C)cc2C)C(=O)N1c1cccc(-c2c(Br)c3[nH]c(=O)n(C)c(=O)n3c2C#N)c1. The fraction of sp³-hybridized carbons (Fsp3) is 0.231. The quantitative estimate of drug-likeness (QED) is 0.382. The molecule has 1 aliphatic rings. The molecule has 0 bridgehead atoms. The summed E-state index contributed by atoms with van der Waals surface area (Å²) in [5.74, 6) is 0.476. The molecule has 1 atom stereocenters. The number of nitrogens with one attached hydrogen (secondary N) is 1. The maximum atomic E-state index is 13.1. The lowest BCUT2D eigenvalue weighted by atomic mass is 10.1. The average Bonchev–Trinajstić information content (AvgIpc) is 3.33. The molecule has 2 aromatic heterocycles. The lowest BCUT2D eigenvalue weighted by molar-refractivity contribution is -0.114. The molecule has 3 heterocycles. The van der Waals surface area contributed by atoms with Crippen molar-refractivity contribution in [3.63, 3.8) is 0 Å². The number of hydrogen-bond acceptors (Lipinski definition) is 5. The number of halogens is 1. The summed E-state index contributed by atoms with van der Waals surface area (Å²) in [6, 6.07) is 15.0. The summed E-state index contributed by atoms with van der Waals surface area (Å²) >= 11 is 3.46. The molecular weight excluding hydrogens is 526 g/mol. The Balaban J connectivity index is 1.61. The standard InChI is InChI=1S/C26H22BrN5O4/c1-5-26(36-19-10-9-14(2)11-15(19)3)23(33)32(26)17-8-6-7-16(12-17)20-18(13-28)31-22(21(20)27)29-24(34)30(4)25(31)35/h6-12H,5H2,1-4H3,(H,29,34). The summed E-state index contributed by atoms with van der Waals surface area (Å²) in [6.45, 7) is 5.83. The van der Waals surface area contributed by atoms with Crippen LogP contribution in [-0.2, 0) is 11.8 Å². The van der Waals surface area contributed by atoms with E-state index in [1.54, 1.807) is 29.2 Å². The molecule has 1 fully saturated rings. The second-order valence-corrected chi connectivity index (χ2v) is 9.60. The molecule has 5 rings (SSSR count). The number of carbonyl (C=O) groups is 1. The molecule has 1 saturated heterocycles. The Hall–Kier alpha value is -4.10. The Labute approximate surface area is 214 Å². The molecule has 1 unspecified atom stereocenters. The lowest BCUT2D eigenvalue weighted by Crippen LogP contribution is -2.37. The van der Waals surface area contributed by atoms with E-state index in [9.17, 15) is 19.6 Å². The molecule has 1 N–H and O–H groups in total. The number of amides is 1. The van der Waals surface area contributed by atoms with Crippen LogP contribution in [0.15, 0.2) is 56.5 Å². The van der Waals surface area contributed by atoms with Crippen LogP contribution < -0.4 is 21.0 Å². The zero-order valence-electron chi connectivity index (χ0n) is 20.0. The van der Waals surface area contributed by atoms with Crippen molar-refractivity contribution < 1.29 is 9.53 Å². The van der Waals surface area contributed by atoms with Crippen molar-refractivity contribution >= 4 is 33.2 Å². The first-order valence-electron chi connectivity index (χ1n) is 11.3. The van der Waals surface area contributed by atoms with E-state index < -0.39 is 17.1 Å². The molecular formula is C26H22BrN5O4. The van der Waals surface area contributed by atoms with Gasteiger partial charge in [-0.2, -0.15) is 5.26 Å². The number of fused-ring (bicyclic) bond motifs is 1. The molecule has 10 heteroatoms. The van der Waals surface area contributed by atoms with Gasteiger partial charge in [0, 0.05) is 24.7 Å². The second kappa shape index (κ2) is 8.24. The highest BCUT2D eigenvalue weighted by atomic mass is 79.9. The van der Waals surface area contributed by atoms with Gasteiger partial charge in [0.05, 0.1) is 4.47 Å². The minimum Gasteiger partial charge on any atom is -0.458 e. The van der Waals surface area contributed by atoms with Crippen LogP contribution in [0.1, 0.15) is 30.2 Å². The van der Waals surface area contributed by atoms with Crippen LogP contribution >= 0.6 is 15.9 Å². The molecule has 1 aliphatic heterocycles. The first kappa shape index (κ1) is 23.6. The van der Waals surface area contributed by atoms with E-state index >= 15 is 0 Å². The maximum Gasteiger partial charge on any atom is 0.338 e. The topological polar surface area (TPSA) is 112 Å². The van der Waals surface area contributed by atoms with E-state index in [1.807, 2.05) is 39.0 Å². The summed E-state index contributed by atoms with van der Waals surface area (Å²) in [5, 5.41) is 9.92. The van der Waals surface area contributed by atoms with Crippen molar-refractivity contribution in [3.8, 4) is 22.9 Å². The van der Waals surface area contributed by atoms with Crippen molar-refractivity contribution in [2.24, 2.45) is 7.05 Å². The molecule has 2 aromatic carbocycles. The first-order chi connectivity index (χ1) is 17.1. The van der Waals surface area contributed by atoms with E-state index in [1.165, 1.54) is 7.05 Å². The first-order valence-corrected chi connectivity index (χ1v) is 12.1. The van der Waals surface area contributed by atoms with E-state index in [4.69, 9.17) is 4.74 Å². The number of anilines is 1. The third-order valence-electron chi connectivity index (χ3n) is 6.56. The van der Waals surface area contributed by atoms with Crippen LogP contribution in [-0.4, -0.2) is 25.6 Å². The number of aromatic amines is 1. The van der Waals surface area contributed by atoms with E-state index in [0.29, 0.717) is 33.5 Å². The van der Waals surface area contributed by atoms with Gasteiger partial charge in [0.2, 0.25) is 0 Å². The van der Waals surface area contributed by atoms with Crippen LogP contribution in [0.2, 0.25) is 0 Å². The van der Waals surface area contributed by atoms with Gasteiger partial charge in [-0.05, 0) is 59.1 Å². The van der Waals surface area contributed by atoms with Gasteiger partial charge in [-0.25, -0.2) is 18.6 Å². The van der Waals surface area contributed by atoms with E-state index in [0.717, 1.165) is 20.1 Å². The smallest absolute Gasteiger partial charge is 0.338 e. The van der Waals surface area contributed by atoms with Crippen LogP contribution in [0.4, 0.5) is 5.69 Å². The van der Waals surface area contributed by atoms with Gasteiger partial charge in [0.25, 0.3) is 11.6 Å². The summed E-state index contributed by atoms with van der Waals surface area (Å²) in [7, 11) is 1.34. The molecule has 0 radical (unpaired) electrons. The highest BCUT2D eigenvalue weighted by Gasteiger charge is 2.65. The number of nitriles is 1. The van der Waals surface area contributed by atoms with Gasteiger partial charge in [0.1, 0.15) is 23.2 Å². The lowest BCUT2D eigenvalue weighted by Gasteiger charge is -2.18. The van der Waals surface area contributed by atoms with Gasteiger partial charge < -0.3 is 4.74 Å². The van der Waals surface area contributed by atoms with Crippen molar-refractivity contribution in [3.05, 3.63) is 84.7 Å². The van der Waals surface area contributed by atoms with Crippen LogP contribution in [0.3, 0.4) is 0 Å². The van der Waals surface area contributed by atoms with Crippen LogP contribution in [0.25, 0.3) is 16.8 Å². The minimum absolute atomic E-state index is 0.0660. The van der Waals surface area contributed by atoms with Crippen LogP contribution in [0, 0.1) is 25.2 Å². The molecule has 1 amide bonds. The normalized spacial score (nSPS) is 16.9. The maximum absolute atomic E-state index is 13.1. The summed E-state index contributed by atoms with van der Waals surface area (Å²) < 4.78 is 8.72. The Morgan fingerprint density at radius 3 is 2.56 bits per heavy atom. The number of ether oxygens (including phenoxy) is 1. The van der Waals surface area contributed by atoms with Gasteiger partial charge >= 0.3 is 11.4 Å². The fourth-order valence-electron chi connectivity index (χ4n) is 4.58. The molecule has 0 saturated carbocycles. The second-order valence-electron chi connectivity index (χ2n) is 8.80. The Bertz CT molecular complexity index is 1740. The Kier molecular flexibility index (Phi) is 5.41. The van der Waals surface area contributed by atoms with Crippen LogP contribution in [0.5, 0.6) is 5.75 Å². The number of rotatable bonds is 5. The summed E-state index contributed by atoms with van der Waals surface area (Å²) in [5.41, 5.74) is 1.56. The summed E-state index contributed by atoms with van der Waals surface area (Å²) in [6.07, 6.45) is 0.434. The molecule has 182 valence electrons. The van der Waals surface area contributed by atoms with Gasteiger partial charge in [-0.3, -0.25) is 14.7 Å². The predicted molar refractivity (Wildman–Crippen MR) is 138 cm³/mol. The monoisotopic (exact) mass is 547 g/mol. The van der Waals surface area contributed by atoms with E-state index in [-0.39, 0.29) is 17.2 Å². The third-order valence-corrected chi connectivity index (χ3v) is 7.33. The average molecular weight is 548 g/mol. The highest BCUT2D eigenvalue weighted by molar-refractivity contribution is 9.10. The number of benzene rings is 2. The van der Waals surface area contributed by atoms with Crippen molar-refractivity contribution in [2.75, 3.05) is 4.90 Å². The zero-order valence-corrected chi connectivity index (χ0v) is 21.6. The Morgan fingerprint density at radius 2 is 1.89 bits per heavy atom. The number of aromatic nitrogens is 3. The molecule has 0 aliphatic carbocycles. The molecule has 4 aromatic rings. The largest absolute Gasteiger partial charge is 0.458 e. The Morgan fingerprint density at radius 1 is 1.14 bits per heavy atom. The molecule has 9 nitrogen and oxygen atoms in total. The number of carbonyl (C=O) groups excluding carboxylic acids is 1. The predicted octanol–water partition coefficient (Wildman–Crippen LogP) is 3.78. The number of nitrogens with zero attached hydrogens (tertiary/aromatic N) is 4. The third kappa shape index (κ3) is 3.31. The number of hydrogen-bond donors (Lipinski definition) is 1. The van der Waals surface area contributed by atoms with Crippen molar-refractivity contribution in [2.45, 2.75) is 32.9 Å². The minimum atomic E-state index is -1.12. The number of aryl methyl sites for hydroxylation is 2. The fourth-order valence-corrected chi connectivity index (χ4v) is 5.27. The van der Waals surface area contributed by atoms with Crippen molar-refractivity contribution in [1.82, 2.24) is 14.0 Å². The zero-order chi connectivity index (χ0) is 25.9. The van der Waals surface area contributed by atoms with Gasteiger partial charge in [0.15, 0.2) is 0 Å².